The van der Waals surface area contributed by atoms with Gasteiger partial charge in [-0.05, 0) is 23.7 Å². The summed E-state index contributed by atoms with van der Waals surface area (Å²) in [5.74, 6) is 0. The first-order valence-corrected chi connectivity index (χ1v) is 4.75. The second-order valence-corrected chi connectivity index (χ2v) is 3.52. The minimum Gasteiger partial charge on any atom is -0.106 e. The summed E-state index contributed by atoms with van der Waals surface area (Å²) in [6, 6.07) is 8.66. The molecule has 1 atom stereocenters. The number of benzene rings is 1. The maximum atomic E-state index is 2.73. The molecule has 0 amide bonds. The average Bonchev–Trinajstić information content (AvgIpc) is 2.01. The third-order valence-corrected chi connectivity index (χ3v) is 2.13. The van der Waals surface area contributed by atoms with Crippen LogP contribution >= 0.6 is 9.24 Å². The summed E-state index contributed by atoms with van der Waals surface area (Å²) in [7, 11) is 2.73. The summed E-state index contributed by atoms with van der Waals surface area (Å²) in [5, 5.41) is 1.29. The number of unbranched alkanes of at least 4 members (excludes halogenated alkanes) is 1. The third kappa shape index (κ3) is 3.03. The highest BCUT2D eigenvalue weighted by Crippen LogP contribution is 2.04. The molecule has 0 heterocycles. The van der Waals surface area contributed by atoms with Gasteiger partial charge in [-0.25, -0.2) is 0 Å². The topological polar surface area (TPSA) is 0 Å². The largest absolute Gasteiger partial charge is 0.106 e. The first-order chi connectivity index (χ1) is 5.33. The van der Waals surface area contributed by atoms with E-state index in [0.717, 1.165) is 0 Å². The highest BCUT2D eigenvalue weighted by Gasteiger charge is 1.90. The van der Waals surface area contributed by atoms with Crippen LogP contribution in [0.15, 0.2) is 24.3 Å². The molecular weight excluding hydrogens is 151 g/mol. The molecular formula is C10H15P. The maximum Gasteiger partial charge on any atom is -0.0279 e. The molecule has 11 heavy (non-hydrogen) atoms. The van der Waals surface area contributed by atoms with E-state index in [0.29, 0.717) is 0 Å². The van der Waals surface area contributed by atoms with Crippen molar-refractivity contribution in [2.24, 2.45) is 0 Å². The smallest absolute Gasteiger partial charge is 0.0279 e. The molecule has 0 bridgehead atoms. The molecule has 0 fully saturated rings. The molecule has 0 saturated carbocycles. The Bertz CT molecular complexity index is 218. The van der Waals surface area contributed by atoms with Crippen molar-refractivity contribution in [1.82, 2.24) is 0 Å². The van der Waals surface area contributed by atoms with Gasteiger partial charge in [0.2, 0.25) is 0 Å². The second kappa shape index (κ2) is 4.51. The maximum absolute atomic E-state index is 2.73. The van der Waals surface area contributed by atoms with Crippen LogP contribution < -0.4 is 5.30 Å². The molecule has 0 radical (unpaired) electrons. The van der Waals surface area contributed by atoms with Crippen LogP contribution in [-0.4, -0.2) is 0 Å². The Balaban J connectivity index is 2.56. The van der Waals surface area contributed by atoms with Gasteiger partial charge in [-0.3, -0.25) is 0 Å². The number of aryl methyl sites for hydroxylation is 1. The molecule has 1 unspecified atom stereocenters. The fourth-order valence-corrected chi connectivity index (χ4v) is 1.45. The van der Waals surface area contributed by atoms with Gasteiger partial charge in [0, 0.05) is 0 Å². The minimum absolute atomic E-state index is 1.22. The molecule has 0 aromatic heterocycles. The zero-order valence-corrected chi connectivity index (χ0v) is 8.16. The van der Waals surface area contributed by atoms with E-state index in [1.807, 2.05) is 0 Å². The summed E-state index contributed by atoms with van der Waals surface area (Å²) in [6.45, 7) is 2.23. The average molecular weight is 166 g/mol. The first-order valence-electron chi connectivity index (χ1n) is 4.17. The van der Waals surface area contributed by atoms with Crippen LogP contribution in [-0.2, 0) is 6.42 Å². The number of rotatable bonds is 3. The van der Waals surface area contributed by atoms with Crippen molar-refractivity contribution in [3.05, 3.63) is 29.8 Å². The van der Waals surface area contributed by atoms with Crippen LogP contribution in [0.25, 0.3) is 0 Å². The highest BCUT2D eigenvalue weighted by molar-refractivity contribution is 7.27. The van der Waals surface area contributed by atoms with Gasteiger partial charge in [-0.2, -0.15) is 0 Å². The van der Waals surface area contributed by atoms with E-state index in [-0.39, 0.29) is 0 Å². The van der Waals surface area contributed by atoms with Crippen LogP contribution in [0.4, 0.5) is 0 Å². The Hall–Kier alpha value is -0.350. The van der Waals surface area contributed by atoms with Crippen molar-refractivity contribution in [3.8, 4) is 0 Å². The van der Waals surface area contributed by atoms with E-state index in [1.165, 1.54) is 30.1 Å². The lowest BCUT2D eigenvalue weighted by molar-refractivity contribution is 0.795. The summed E-state index contributed by atoms with van der Waals surface area (Å²) >= 11 is 0. The molecule has 0 spiro atoms. The van der Waals surface area contributed by atoms with Gasteiger partial charge >= 0.3 is 0 Å². The normalized spacial score (nSPS) is 10.0. The van der Waals surface area contributed by atoms with Gasteiger partial charge < -0.3 is 0 Å². The van der Waals surface area contributed by atoms with Crippen molar-refractivity contribution < 1.29 is 0 Å². The van der Waals surface area contributed by atoms with Crippen molar-refractivity contribution in [3.63, 3.8) is 0 Å². The fourth-order valence-electron chi connectivity index (χ4n) is 1.13. The molecule has 1 aromatic rings. The summed E-state index contributed by atoms with van der Waals surface area (Å²) in [6.07, 6.45) is 3.80. The van der Waals surface area contributed by atoms with Crippen LogP contribution in [0.3, 0.4) is 0 Å². The van der Waals surface area contributed by atoms with Crippen molar-refractivity contribution >= 4 is 14.5 Å². The van der Waals surface area contributed by atoms with Gasteiger partial charge in [-0.1, -0.05) is 37.6 Å². The van der Waals surface area contributed by atoms with E-state index >= 15 is 0 Å². The Morgan fingerprint density at radius 1 is 1.36 bits per heavy atom. The Kier molecular flexibility index (Phi) is 3.59. The predicted octanol–water partition coefficient (Wildman–Crippen LogP) is 2.53. The summed E-state index contributed by atoms with van der Waals surface area (Å²) < 4.78 is 0. The van der Waals surface area contributed by atoms with Gasteiger partial charge in [0.1, 0.15) is 0 Å². The van der Waals surface area contributed by atoms with Crippen LogP contribution in [0.1, 0.15) is 25.3 Å². The van der Waals surface area contributed by atoms with Gasteiger partial charge in [0.05, 0.1) is 0 Å². The lowest BCUT2D eigenvalue weighted by Gasteiger charge is -1.99. The standard InChI is InChI=1S/C10H15P/c1-2-3-5-9-6-4-7-10(11)8-9/h4,6-8H,2-3,5,11H2,1H3. The highest BCUT2D eigenvalue weighted by atomic mass is 31.0. The second-order valence-electron chi connectivity index (χ2n) is 2.85. The molecule has 0 aliphatic carbocycles. The molecule has 60 valence electrons. The molecule has 0 saturated heterocycles. The molecule has 0 N–H and O–H groups in total. The van der Waals surface area contributed by atoms with E-state index in [9.17, 15) is 0 Å². The van der Waals surface area contributed by atoms with Crippen LogP contribution in [0.2, 0.25) is 0 Å². The van der Waals surface area contributed by atoms with E-state index in [4.69, 9.17) is 0 Å². The Labute approximate surface area is 71.2 Å². The monoisotopic (exact) mass is 166 g/mol. The molecule has 0 aliphatic rings. The number of hydrogen-bond donors (Lipinski definition) is 0. The zero-order chi connectivity index (χ0) is 8.10. The third-order valence-electron chi connectivity index (χ3n) is 1.77. The van der Waals surface area contributed by atoms with E-state index < -0.39 is 0 Å². The van der Waals surface area contributed by atoms with E-state index in [2.05, 4.69) is 40.4 Å². The Morgan fingerprint density at radius 3 is 2.82 bits per heavy atom. The van der Waals surface area contributed by atoms with Crippen LogP contribution in [0.5, 0.6) is 0 Å². The first kappa shape index (κ1) is 8.74. The molecule has 1 heteroatoms. The molecule has 0 nitrogen and oxygen atoms in total. The lowest BCUT2D eigenvalue weighted by Crippen LogP contribution is -1.92. The minimum atomic E-state index is 1.22. The molecule has 0 aliphatic heterocycles. The SMILES string of the molecule is CCCCc1cccc(P)c1. The lowest BCUT2D eigenvalue weighted by atomic mass is 10.1. The zero-order valence-electron chi connectivity index (χ0n) is 7.01. The summed E-state index contributed by atoms with van der Waals surface area (Å²) in [5.41, 5.74) is 1.46. The van der Waals surface area contributed by atoms with Gasteiger partial charge in [0.25, 0.3) is 0 Å². The predicted molar refractivity (Wildman–Crippen MR) is 54.4 cm³/mol. The molecule has 1 aromatic carbocycles. The fraction of sp³-hybridized carbons (Fsp3) is 0.400. The quantitative estimate of drug-likeness (QED) is 0.605. The van der Waals surface area contributed by atoms with Crippen LogP contribution in [0, 0.1) is 0 Å². The summed E-state index contributed by atoms with van der Waals surface area (Å²) in [4.78, 5) is 0. The Morgan fingerprint density at radius 2 is 2.18 bits per heavy atom. The van der Waals surface area contributed by atoms with Crippen molar-refractivity contribution in [2.75, 3.05) is 0 Å². The van der Waals surface area contributed by atoms with Crippen molar-refractivity contribution in [2.45, 2.75) is 26.2 Å². The van der Waals surface area contributed by atoms with Crippen molar-refractivity contribution in [1.29, 1.82) is 0 Å². The van der Waals surface area contributed by atoms with Gasteiger partial charge in [0.15, 0.2) is 0 Å². The number of hydrogen-bond acceptors (Lipinski definition) is 0. The van der Waals surface area contributed by atoms with Gasteiger partial charge in [-0.15, -0.1) is 9.24 Å². The molecule has 1 rings (SSSR count). The van der Waals surface area contributed by atoms with E-state index in [1.54, 1.807) is 0 Å².